The van der Waals surface area contributed by atoms with Gasteiger partial charge in [0.1, 0.15) is 0 Å². The van der Waals surface area contributed by atoms with Gasteiger partial charge in [-0.25, -0.2) is 0 Å². The van der Waals surface area contributed by atoms with Crippen molar-refractivity contribution in [2.45, 2.75) is 31.8 Å². The van der Waals surface area contributed by atoms with Crippen LogP contribution in [0.4, 0.5) is 0 Å². The molecule has 2 heterocycles. The summed E-state index contributed by atoms with van der Waals surface area (Å²) in [7, 11) is 1.92. The molecule has 0 amide bonds. The van der Waals surface area contributed by atoms with Gasteiger partial charge >= 0.3 is 5.97 Å². The van der Waals surface area contributed by atoms with Crippen molar-refractivity contribution in [3.63, 3.8) is 0 Å². The van der Waals surface area contributed by atoms with Crippen LogP contribution in [0.5, 0.6) is 0 Å². The molecular weight excluding hydrogens is 340 g/mol. The molecule has 0 spiro atoms. The summed E-state index contributed by atoms with van der Waals surface area (Å²) in [6.07, 6.45) is 3.27. The van der Waals surface area contributed by atoms with Crippen LogP contribution in [-0.4, -0.2) is 53.6 Å². The van der Waals surface area contributed by atoms with Gasteiger partial charge < -0.3 is 5.11 Å². The first-order valence-electron chi connectivity index (χ1n) is 6.92. The van der Waals surface area contributed by atoms with Crippen LogP contribution in [0.1, 0.15) is 24.1 Å². The fourth-order valence-corrected chi connectivity index (χ4v) is 4.24. The van der Waals surface area contributed by atoms with E-state index >= 15 is 0 Å². The average Bonchev–Trinajstić information content (AvgIpc) is 2.64. The molecule has 4 nitrogen and oxygen atoms in total. The molecule has 0 aliphatic carbocycles. The largest absolute Gasteiger partial charge is 0.480 e. The molecule has 1 saturated heterocycles. The van der Waals surface area contributed by atoms with E-state index in [4.69, 9.17) is 5.11 Å². The molecule has 1 aromatic rings. The smallest absolute Gasteiger partial charge is 0.317 e. The van der Waals surface area contributed by atoms with Gasteiger partial charge in [0.05, 0.1) is 6.54 Å². The van der Waals surface area contributed by atoms with Crippen LogP contribution in [0.2, 0.25) is 0 Å². The molecule has 6 heteroatoms. The summed E-state index contributed by atoms with van der Waals surface area (Å²) < 4.78 is 1.20. The summed E-state index contributed by atoms with van der Waals surface area (Å²) >= 11 is 5.37. The summed E-state index contributed by atoms with van der Waals surface area (Å²) in [6, 6.07) is 2.49. The summed E-state index contributed by atoms with van der Waals surface area (Å²) in [6.45, 7) is 3.27. The van der Waals surface area contributed by atoms with Gasteiger partial charge in [0.25, 0.3) is 0 Å². The normalized spacial score (nSPS) is 21.1. The maximum atomic E-state index is 10.8. The molecule has 20 heavy (non-hydrogen) atoms. The monoisotopic (exact) mass is 360 g/mol. The summed E-state index contributed by atoms with van der Waals surface area (Å²) in [5, 5.41) is 11.0. The molecule has 1 aromatic heterocycles. The maximum absolute atomic E-state index is 10.8. The lowest BCUT2D eigenvalue weighted by atomic mass is 10.1. The van der Waals surface area contributed by atoms with E-state index in [0.29, 0.717) is 6.04 Å². The lowest BCUT2D eigenvalue weighted by molar-refractivity contribution is -0.138. The topological polar surface area (TPSA) is 43.8 Å². The maximum Gasteiger partial charge on any atom is 0.317 e. The highest BCUT2D eigenvalue weighted by molar-refractivity contribution is 9.10. The quantitative estimate of drug-likeness (QED) is 0.876. The molecule has 0 radical (unpaired) electrons. The Labute approximate surface area is 132 Å². The Bertz CT molecular complexity index is 452. The van der Waals surface area contributed by atoms with Crippen LogP contribution in [0, 0.1) is 0 Å². The third-order valence-electron chi connectivity index (χ3n) is 3.86. The van der Waals surface area contributed by atoms with Crippen molar-refractivity contribution in [2.75, 3.05) is 26.7 Å². The minimum absolute atomic E-state index is 0.140. The number of nitrogens with zero attached hydrogens (tertiary/aromatic N) is 2. The van der Waals surface area contributed by atoms with Crippen molar-refractivity contribution in [1.82, 2.24) is 9.80 Å². The Morgan fingerprint density at radius 2 is 2.35 bits per heavy atom. The minimum Gasteiger partial charge on any atom is -0.480 e. The number of aliphatic carboxylic acids is 1. The molecule has 1 aliphatic heterocycles. The predicted octanol–water partition coefficient (Wildman–Crippen LogP) is 2.88. The van der Waals surface area contributed by atoms with Crippen molar-refractivity contribution in [1.29, 1.82) is 0 Å². The zero-order chi connectivity index (χ0) is 14.5. The van der Waals surface area contributed by atoms with Crippen molar-refractivity contribution in [2.24, 2.45) is 0 Å². The SMILES string of the molecule is CN(CC(=O)O)C1CCCN(Cc2sccc2Br)CC1. The van der Waals surface area contributed by atoms with Gasteiger partial charge in [0.2, 0.25) is 0 Å². The summed E-state index contributed by atoms with van der Waals surface area (Å²) in [5.74, 6) is -0.740. The number of carboxylic acid groups (broad SMARTS) is 1. The molecule has 1 aliphatic rings. The number of carbonyl (C=O) groups is 1. The highest BCUT2D eigenvalue weighted by Gasteiger charge is 2.22. The minimum atomic E-state index is -0.740. The number of hydrogen-bond acceptors (Lipinski definition) is 4. The number of likely N-dealkylation sites (N-methyl/N-ethyl adjacent to an activating group) is 1. The number of thiophene rings is 1. The van der Waals surface area contributed by atoms with E-state index in [1.54, 1.807) is 11.3 Å². The molecule has 1 fully saturated rings. The third kappa shape index (κ3) is 4.55. The fraction of sp³-hybridized carbons (Fsp3) is 0.643. The zero-order valence-electron chi connectivity index (χ0n) is 11.7. The lowest BCUT2D eigenvalue weighted by Gasteiger charge is -2.25. The number of likely N-dealkylation sites (tertiary alicyclic amines) is 1. The summed E-state index contributed by atoms with van der Waals surface area (Å²) in [4.78, 5) is 16.6. The molecule has 0 aromatic carbocycles. The molecule has 1 unspecified atom stereocenters. The van der Waals surface area contributed by atoms with Gasteiger partial charge in [-0.3, -0.25) is 14.6 Å². The highest BCUT2D eigenvalue weighted by Crippen LogP contribution is 2.25. The molecule has 112 valence electrons. The Balaban J connectivity index is 1.86. The van der Waals surface area contributed by atoms with E-state index in [-0.39, 0.29) is 6.54 Å². The molecule has 1 atom stereocenters. The van der Waals surface area contributed by atoms with Crippen LogP contribution in [0.15, 0.2) is 15.9 Å². The van der Waals surface area contributed by atoms with Crippen LogP contribution in [0.25, 0.3) is 0 Å². The van der Waals surface area contributed by atoms with E-state index in [0.717, 1.165) is 38.9 Å². The second-order valence-electron chi connectivity index (χ2n) is 5.36. The van der Waals surface area contributed by atoms with Gasteiger partial charge in [-0.2, -0.15) is 0 Å². The van der Waals surface area contributed by atoms with E-state index in [1.807, 2.05) is 11.9 Å². The Hall–Kier alpha value is -0.430. The van der Waals surface area contributed by atoms with E-state index < -0.39 is 5.97 Å². The molecule has 0 bridgehead atoms. The predicted molar refractivity (Wildman–Crippen MR) is 85.2 cm³/mol. The van der Waals surface area contributed by atoms with E-state index in [2.05, 4.69) is 32.3 Å². The lowest BCUT2D eigenvalue weighted by Crippen LogP contribution is -2.36. The van der Waals surface area contributed by atoms with E-state index in [1.165, 1.54) is 9.35 Å². The number of rotatable bonds is 5. The van der Waals surface area contributed by atoms with Gasteiger partial charge in [0.15, 0.2) is 0 Å². The second-order valence-corrected chi connectivity index (χ2v) is 7.22. The van der Waals surface area contributed by atoms with Crippen molar-refractivity contribution < 1.29 is 9.90 Å². The molecule has 2 rings (SSSR count). The number of carboxylic acids is 1. The van der Waals surface area contributed by atoms with Crippen LogP contribution in [-0.2, 0) is 11.3 Å². The zero-order valence-corrected chi connectivity index (χ0v) is 14.1. The second kappa shape index (κ2) is 7.54. The Kier molecular flexibility index (Phi) is 6.01. The van der Waals surface area contributed by atoms with Crippen LogP contribution in [0.3, 0.4) is 0 Å². The van der Waals surface area contributed by atoms with Crippen molar-refractivity contribution in [3.8, 4) is 0 Å². The van der Waals surface area contributed by atoms with Crippen molar-refractivity contribution >= 4 is 33.2 Å². The fourth-order valence-electron chi connectivity index (χ4n) is 2.72. The Morgan fingerprint density at radius 3 is 3.00 bits per heavy atom. The van der Waals surface area contributed by atoms with Crippen LogP contribution >= 0.6 is 27.3 Å². The number of hydrogen-bond donors (Lipinski definition) is 1. The van der Waals surface area contributed by atoms with Crippen molar-refractivity contribution in [3.05, 3.63) is 20.8 Å². The average molecular weight is 361 g/mol. The standard InChI is InChI=1S/C14H21BrN2O2S/c1-16(10-14(18)19)11-3-2-6-17(7-4-11)9-13-12(15)5-8-20-13/h5,8,11H,2-4,6-7,9-10H2,1H3,(H,18,19). The summed E-state index contributed by atoms with van der Waals surface area (Å²) in [5.41, 5.74) is 0. The third-order valence-corrected chi connectivity index (χ3v) is 5.77. The van der Waals surface area contributed by atoms with Gasteiger partial charge in [0, 0.05) is 28.5 Å². The molecule has 1 N–H and O–H groups in total. The highest BCUT2D eigenvalue weighted by atomic mass is 79.9. The number of halogens is 1. The first-order valence-corrected chi connectivity index (χ1v) is 8.60. The van der Waals surface area contributed by atoms with Crippen LogP contribution < -0.4 is 0 Å². The van der Waals surface area contributed by atoms with E-state index in [9.17, 15) is 4.79 Å². The van der Waals surface area contributed by atoms with Gasteiger partial charge in [-0.1, -0.05) is 0 Å². The Morgan fingerprint density at radius 1 is 1.55 bits per heavy atom. The first-order chi connectivity index (χ1) is 9.56. The molecular formula is C14H21BrN2O2S. The van der Waals surface area contributed by atoms with Gasteiger partial charge in [-0.15, -0.1) is 11.3 Å². The van der Waals surface area contributed by atoms with Gasteiger partial charge in [-0.05, 0) is 60.2 Å². The molecule has 0 saturated carbocycles. The first kappa shape index (κ1) is 15.9.